The maximum absolute atomic E-state index is 11.7. The Morgan fingerprint density at radius 1 is 1.31 bits per heavy atom. The minimum absolute atomic E-state index is 0.113. The summed E-state index contributed by atoms with van der Waals surface area (Å²) in [6.45, 7) is 7.56. The molecule has 2 N–H and O–H groups in total. The highest BCUT2D eigenvalue weighted by molar-refractivity contribution is 5.90. The molecule has 0 amide bonds. The highest BCUT2D eigenvalue weighted by atomic mass is 16.5. The third-order valence-corrected chi connectivity index (χ3v) is 2.38. The molecule has 92 valence electrons. The molecule has 0 bridgehead atoms. The molecule has 4 nitrogen and oxygen atoms in total. The second-order valence-electron chi connectivity index (χ2n) is 4.60. The van der Waals surface area contributed by atoms with Crippen LogP contribution in [0.2, 0.25) is 0 Å². The van der Waals surface area contributed by atoms with Crippen LogP contribution in [0.25, 0.3) is 0 Å². The van der Waals surface area contributed by atoms with Gasteiger partial charge in [0.15, 0.2) is 0 Å². The average molecular weight is 227 g/mol. The fourth-order valence-corrected chi connectivity index (χ4v) is 1.74. The molecule has 1 rings (SSSR count). The van der Waals surface area contributed by atoms with Gasteiger partial charge in [0.05, 0.1) is 23.9 Å². The molecular weight excluding hydrogens is 206 g/mol. The molecule has 0 fully saturated rings. The van der Waals surface area contributed by atoms with Gasteiger partial charge in [-0.2, -0.15) is 0 Å². The van der Waals surface area contributed by atoms with Crippen LogP contribution in [0, 0.1) is 0 Å². The van der Waals surface area contributed by atoms with Gasteiger partial charge in [-0.05, 0) is 40.5 Å². The van der Waals surface area contributed by atoms with Crippen molar-refractivity contribution in [2.45, 2.75) is 58.8 Å². The first-order chi connectivity index (χ1) is 7.41. The van der Waals surface area contributed by atoms with E-state index >= 15 is 0 Å². The summed E-state index contributed by atoms with van der Waals surface area (Å²) in [5.41, 5.74) is 7.03. The SMILES string of the molecule is CC(C)OC(=O)C1=C(N)C(OC(C)C)CC1. The van der Waals surface area contributed by atoms with Crippen molar-refractivity contribution in [1.29, 1.82) is 0 Å². The summed E-state index contributed by atoms with van der Waals surface area (Å²) in [5, 5.41) is 0. The van der Waals surface area contributed by atoms with Crippen molar-refractivity contribution in [2.24, 2.45) is 5.73 Å². The molecule has 0 saturated carbocycles. The van der Waals surface area contributed by atoms with E-state index < -0.39 is 0 Å². The molecule has 1 aliphatic carbocycles. The Morgan fingerprint density at radius 3 is 2.44 bits per heavy atom. The number of esters is 1. The topological polar surface area (TPSA) is 61.5 Å². The molecule has 0 aliphatic heterocycles. The average Bonchev–Trinajstić information content (AvgIpc) is 2.46. The van der Waals surface area contributed by atoms with Crippen LogP contribution >= 0.6 is 0 Å². The highest BCUT2D eigenvalue weighted by Crippen LogP contribution is 2.27. The maximum Gasteiger partial charge on any atom is 0.336 e. The molecule has 0 aromatic rings. The van der Waals surface area contributed by atoms with Gasteiger partial charge in [-0.3, -0.25) is 0 Å². The van der Waals surface area contributed by atoms with Crippen molar-refractivity contribution in [3.8, 4) is 0 Å². The number of hydrogen-bond donors (Lipinski definition) is 1. The van der Waals surface area contributed by atoms with Crippen molar-refractivity contribution in [1.82, 2.24) is 0 Å². The molecule has 1 atom stereocenters. The van der Waals surface area contributed by atoms with Gasteiger partial charge >= 0.3 is 5.97 Å². The van der Waals surface area contributed by atoms with E-state index in [0.29, 0.717) is 17.7 Å². The van der Waals surface area contributed by atoms with Crippen LogP contribution in [0.3, 0.4) is 0 Å². The first-order valence-electron chi connectivity index (χ1n) is 5.76. The summed E-state index contributed by atoms with van der Waals surface area (Å²) in [7, 11) is 0. The quantitative estimate of drug-likeness (QED) is 0.743. The molecule has 0 heterocycles. The Morgan fingerprint density at radius 2 is 1.94 bits per heavy atom. The third-order valence-electron chi connectivity index (χ3n) is 2.38. The van der Waals surface area contributed by atoms with E-state index in [0.717, 1.165) is 6.42 Å². The number of ether oxygens (including phenoxy) is 2. The van der Waals surface area contributed by atoms with Crippen molar-refractivity contribution in [2.75, 3.05) is 0 Å². The second kappa shape index (κ2) is 5.34. The van der Waals surface area contributed by atoms with Crippen molar-refractivity contribution >= 4 is 5.97 Å². The normalized spacial score (nSPS) is 21.0. The van der Waals surface area contributed by atoms with Gasteiger partial charge in [-0.15, -0.1) is 0 Å². The summed E-state index contributed by atoms with van der Waals surface area (Å²) in [6, 6.07) is 0. The summed E-state index contributed by atoms with van der Waals surface area (Å²) >= 11 is 0. The van der Waals surface area contributed by atoms with Gasteiger partial charge in [0, 0.05) is 5.70 Å². The predicted octanol–water partition coefficient (Wildman–Crippen LogP) is 1.74. The van der Waals surface area contributed by atoms with E-state index in [4.69, 9.17) is 15.2 Å². The molecule has 0 aromatic heterocycles. The van der Waals surface area contributed by atoms with Gasteiger partial charge in [0.2, 0.25) is 0 Å². The Bertz CT molecular complexity index is 295. The maximum atomic E-state index is 11.7. The number of hydrogen-bond acceptors (Lipinski definition) is 4. The predicted molar refractivity (Wildman–Crippen MR) is 61.7 cm³/mol. The number of carbonyl (C=O) groups is 1. The van der Waals surface area contributed by atoms with E-state index in [2.05, 4.69) is 0 Å². The summed E-state index contributed by atoms with van der Waals surface area (Å²) in [4.78, 5) is 11.7. The van der Waals surface area contributed by atoms with Crippen LogP contribution in [0.4, 0.5) is 0 Å². The standard InChI is InChI=1S/C12H21NO3/c1-7(2)15-10-6-5-9(11(10)13)12(14)16-8(3)4/h7-8,10H,5-6,13H2,1-4H3. The Balaban J connectivity index is 2.67. The lowest BCUT2D eigenvalue weighted by Gasteiger charge is -2.16. The first-order valence-corrected chi connectivity index (χ1v) is 5.76. The smallest absolute Gasteiger partial charge is 0.336 e. The fraction of sp³-hybridized carbons (Fsp3) is 0.750. The van der Waals surface area contributed by atoms with Crippen LogP contribution in [-0.2, 0) is 14.3 Å². The minimum atomic E-state index is -0.303. The van der Waals surface area contributed by atoms with E-state index in [1.165, 1.54) is 0 Å². The van der Waals surface area contributed by atoms with Gasteiger partial charge < -0.3 is 15.2 Å². The molecular formula is C12H21NO3. The fourth-order valence-electron chi connectivity index (χ4n) is 1.74. The van der Waals surface area contributed by atoms with Crippen LogP contribution < -0.4 is 5.73 Å². The van der Waals surface area contributed by atoms with E-state index in [9.17, 15) is 4.79 Å². The Hall–Kier alpha value is -1.03. The third kappa shape index (κ3) is 3.23. The van der Waals surface area contributed by atoms with Crippen LogP contribution in [0.15, 0.2) is 11.3 Å². The Kier molecular flexibility index (Phi) is 4.35. The molecule has 0 aromatic carbocycles. The van der Waals surface area contributed by atoms with E-state index in [-0.39, 0.29) is 24.3 Å². The zero-order valence-corrected chi connectivity index (χ0v) is 10.4. The lowest BCUT2D eigenvalue weighted by molar-refractivity contribution is -0.142. The monoisotopic (exact) mass is 227 g/mol. The summed E-state index contributed by atoms with van der Waals surface area (Å²) in [5.74, 6) is -0.303. The number of rotatable bonds is 4. The van der Waals surface area contributed by atoms with Crippen LogP contribution in [0.5, 0.6) is 0 Å². The van der Waals surface area contributed by atoms with Gasteiger partial charge in [-0.25, -0.2) is 4.79 Å². The molecule has 4 heteroatoms. The van der Waals surface area contributed by atoms with Gasteiger partial charge in [0.1, 0.15) is 0 Å². The largest absolute Gasteiger partial charge is 0.460 e. The van der Waals surface area contributed by atoms with Crippen LogP contribution in [-0.4, -0.2) is 24.3 Å². The molecule has 1 aliphatic rings. The molecule has 0 radical (unpaired) electrons. The second-order valence-corrected chi connectivity index (χ2v) is 4.60. The minimum Gasteiger partial charge on any atom is -0.460 e. The summed E-state index contributed by atoms with van der Waals surface area (Å²) in [6.07, 6.45) is 1.29. The first kappa shape index (κ1) is 13.0. The lowest BCUT2D eigenvalue weighted by atomic mass is 10.2. The number of nitrogens with two attached hydrogens (primary N) is 1. The van der Waals surface area contributed by atoms with E-state index in [1.54, 1.807) is 0 Å². The lowest BCUT2D eigenvalue weighted by Crippen LogP contribution is -2.23. The Labute approximate surface area is 96.8 Å². The molecule has 0 saturated heterocycles. The van der Waals surface area contributed by atoms with E-state index in [1.807, 2.05) is 27.7 Å². The van der Waals surface area contributed by atoms with Crippen LogP contribution in [0.1, 0.15) is 40.5 Å². The van der Waals surface area contributed by atoms with Crippen molar-refractivity contribution in [3.05, 3.63) is 11.3 Å². The summed E-state index contributed by atoms with van der Waals surface area (Å²) < 4.78 is 10.7. The zero-order chi connectivity index (χ0) is 12.3. The molecule has 0 spiro atoms. The van der Waals surface area contributed by atoms with Gasteiger partial charge in [-0.1, -0.05) is 0 Å². The van der Waals surface area contributed by atoms with Crippen molar-refractivity contribution in [3.63, 3.8) is 0 Å². The molecule has 16 heavy (non-hydrogen) atoms. The van der Waals surface area contributed by atoms with Gasteiger partial charge in [0.25, 0.3) is 0 Å². The highest BCUT2D eigenvalue weighted by Gasteiger charge is 2.29. The number of carbonyl (C=O) groups excluding carboxylic acids is 1. The molecule has 1 unspecified atom stereocenters. The van der Waals surface area contributed by atoms with Crippen molar-refractivity contribution < 1.29 is 14.3 Å². The zero-order valence-electron chi connectivity index (χ0n) is 10.4.